The van der Waals surface area contributed by atoms with Crippen molar-refractivity contribution in [3.63, 3.8) is 0 Å². The smallest absolute Gasteiger partial charge is 0.266 e. The highest BCUT2D eigenvalue weighted by Gasteiger charge is 2.17. The number of hydrogen-bond donors (Lipinski definition) is 0. The van der Waals surface area contributed by atoms with Gasteiger partial charge in [0.25, 0.3) is 11.3 Å². The zero-order valence-electron chi connectivity index (χ0n) is 16.6. The Bertz CT molecular complexity index is 1540. The second kappa shape index (κ2) is 6.66. The summed E-state index contributed by atoms with van der Waals surface area (Å²) in [5.74, 6) is 2.30. The summed E-state index contributed by atoms with van der Waals surface area (Å²) in [6, 6.07) is 15.2. The first kappa shape index (κ1) is 17.6. The van der Waals surface area contributed by atoms with Crippen molar-refractivity contribution in [2.45, 2.75) is 6.92 Å². The Hall–Kier alpha value is -4.20. The Labute approximate surface area is 176 Å². The highest BCUT2D eigenvalue weighted by molar-refractivity contribution is 5.79. The van der Waals surface area contributed by atoms with Crippen molar-refractivity contribution in [1.82, 2.24) is 24.1 Å². The van der Waals surface area contributed by atoms with E-state index in [0.717, 1.165) is 16.8 Å². The molecule has 1 aliphatic rings. The van der Waals surface area contributed by atoms with Crippen LogP contribution >= 0.6 is 0 Å². The molecule has 0 radical (unpaired) electrons. The van der Waals surface area contributed by atoms with E-state index in [1.54, 1.807) is 21.5 Å². The average molecular weight is 411 g/mol. The SMILES string of the molecule is Cc1ccccc1-n1ccc2c(cnc3nc(-c4ccc5c(c4)OCCO5)nn32)c1=O. The van der Waals surface area contributed by atoms with Gasteiger partial charge in [-0.25, -0.2) is 4.98 Å². The summed E-state index contributed by atoms with van der Waals surface area (Å²) in [4.78, 5) is 22.1. The molecule has 0 spiro atoms. The quantitative estimate of drug-likeness (QED) is 0.444. The number of benzene rings is 2. The van der Waals surface area contributed by atoms with Gasteiger partial charge in [-0.3, -0.25) is 9.36 Å². The van der Waals surface area contributed by atoms with Crippen molar-refractivity contribution >= 4 is 16.7 Å². The predicted molar refractivity (Wildman–Crippen MR) is 115 cm³/mol. The van der Waals surface area contributed by atoms with E-state index in [4.69, 9.17) is 9.47 Å². The van der Waals surface area contributed by atoms with Crippen LogP contribution in [0, 0.1) is 6.92 Å². The predicted octanol–water partition coefficient (Wildman–Crippen LogP) is 3.18. The lowest BCUT2D eigenvalue weighted by Gasteiger charge is -2.18. The molecule has 1 aliphatic heterocycles. The van der Waals surface area contributed by atoms with E-state index in [2.05, 4.69) is 15.1 Å². The van der Waals surface area contributed by atoms with Gasteiger partial charge >= 0.3 is 0 Å². The zero-order valence-corrected chi connectivity index (χ0v) is 16.6. The maximum atomic E-state index is 13.2. The molecule has 0 N–H and O–H groups in total. The van der Waals surface area contributed by atoms with Gasteiger partial charge in [0.15, 0.2) is 17.3 Å². The van der Waals surface area contributed by atoms with Crippen LogP contribution in [-0.2, 0) is 0 Å². The van der Waals surface area contributed by atoms with Gasteiger partial charge in [-0.05, 0) is 42.8 Å². The molecule has 0 saturated carbocycles. The lowest BCUT2D eigenvalue weighted by atomic mass is 10.2. The number of aryl methyl sites for hydroxylation is 1. The van der Waals surface area contributed by atoms with Crippen LogP contribution in [0.5, 0.6) is 11.5 Å². The molecule has 6 rings (SSSR count). The average Bonchev–Trinajstić information content (AvgIpc) is 3.25. The highest BCUT2D eigenvalue weighted by atomic mass is 16.6. The first-order valence-electron chi connectivity index (χ1n) is 9.92. The molecule has 2 aromatic carbocycles. The minimum atomic E-state index is -0.155. The fourth-order valence-corrected chi connectivity index (χ4v) is 3.85. The number of aromatic nitrogens is 5. The standard InChI is InChI=1S/C23H17N5O3/c1-14-4-2-3-5-17(14)27-9-8-18-16(22(27)29)13-24-23-25-21(26-28(18)23)15-6-7-19-20(12-15)31-11-10-30-19/h2-9,12-13H,10-11H2,1H3. The van der Waals surface area contributed by atoms with Crippen molar-refractivity contribution < 1.29 is 9.47 Å². The van der Waals surface area contributed by atoms with Crippen LogP contribution in [-0.4, -0.2) is 37.4 Å². The molecule has 31 heavy (non-hydrogen) atoms. The largest absolute Gasteiger partial charge is 0.486 e. The van der Waals surface area contributed by atoms with Crippen LogP contribution in [0.2, 0.25) is 0 Å². The molecule has 8 nitrogen and oxygen atoms in total. The monoisotopic (exact) mass is 411 g/mol. The molecule has 0 fully saturated rings. The highest BCUT2D eigenvalue weighted by Crippen LogP contribution is 2.33. The minimum absolute atomic E-state index is 0.155. The summed E-state index contributed by atoms with van der Waals surface area (Å²) in [6.45, 7) is 3.02. The van der Waals surface area contributed by atoms with Crippen LogP contribution in [0.15, 0.2) is 65.7 Å². The van der Waals surface area contributed by atoms with Gasteiger partial charge < -0.3 is 9.47 Å². The summed E-state index contributed by atoms with van der Waals surface area (Å²) in [5.41, 5.74) is 3.13. The molecule has 4 heterocycles. The topological polar surface area (TPSA) is 83.5 Å². The van der Waals surface area contributed by atoms with Crippen LogP contribution in [0.3, 0.4) is 0 Å². The van der Waals surface area contributed by atoms with Crippen molar-refractivity contribution in [3.05, 3.63) is 76.8 Å². The van der Waals surface area contributed by atoms with Gasteiger partial charge in [-0.2, -0.15) is 9.50 Å². The summed E-state index contributed by atoms with van der Waals surface area (Å²) in [5, 5.41) is 5.09. The van der Waals surface area contributed by atoms with Crippen LogP contribution in [0.25, 0.3) is 33.8 Å². The third-order valence-electron chi connectivity index (χ3n) is 5.41. The second-order valence-electron chi connectivity index (χ2n) is 7.34. The Kier molecular flexibility index (Phi) is 3.79. The van der Waals surface area contributed by atoms with E-state index in [0.29, 0.717) is 47.2 Å². The first-order chi connectivity index (χ1) is 15.2. The lowest BCUT2D eigenvalue weighted by molar-refractivity contribution is 0.171. The molecule has 0 aliphatic carbocycles. The Morgan fingerprint density at radius 1 is 1.00 bits per heavy atom. The Balaban J connectivity index is 1.51. The molecule has 0 atom stereocenters. The van der Waals surface area contributed by atoms with Gasteiger partial charge in [-0.1, -0.05) is 18.2 Å². The molecule has 0 bridgehead atoms. The van der Waals surface area contributed by atoms with E-state index in [1.807, 2.05) is 55.5 Å². The number of fused-ring (bicyclic) bond motifs is 4. The van der Waals surface area contributed by atoms with E-state index in [9.17, 15) is 4.79 Å². The lowest BCUT2D eigenvalue weighted by Crippen LogP contribution is -2.19. The molecule has 152 valence electrons. The zero-order chi connectivity index (χ0) is 20.9. The molecular weight excluding hydrogens is 394 g/mol. The molecule has 8 heteroatoms. The summed E-state index contributed by atoms with van der Waals surface area (Å²) < 4.78 is 14.5. The maximum Gasteiger partial charge on any atom is 0.266 e. The van der Waals surface area contributed by atoms with Gasteiger partial charge in [0.05, 0.1) is 16.6 Å². The van der Waals surface area contributed by atoms with Gasteiger partial charge in [0.2, 0.25) is 0 Å². The third-order valence-corrected chi connectivity index (χ3v) is 5.41. The third kappa shape index (κ3) is 2.76. The Morgan fingerprint density at radius 2 is 1.84 bits per heavy atom. The summed E-state index contributed by atoms with van der Waals surface area (Å²) in [6.07, 6.45) is 3.32. The summed E-state index contributed by atoms with van der Waals surface area (Å²) in [7, 11) is 0. The first-order valence-corrected chi connectivity index (χ1v) is 9.92. The number of ether oxygens (including phenoxy) is 2. The van der Waals surface area contributed by atoms with E-state index in [1.165, 1.54) is 0 Å². The summed E-state index contributed by atoms with van der Waals surface area (Å²) >= 11 is 0. The van der Waals surface area contributed by atoms with Crippen molar-refractivity contribution in [2.75, 3.05) is 13.2 Å². The maximum absolute atomic E-state index is 13.2. The fourth-order valence-electron chi connectivity index (χ4n) is 3.85. The minimum Gasteiger partial charge on any atom is -0.486 e. The second-order valence-corrected chi connectivity index (χ2v) is 7.34. The number of para-hydroxylation sites is 1. The van der Waals surface area contributed by atoms with Crippen LogP contribution in [0.4, 0.5) is 0 Å². The van der Waals surface area contributed by atoms with Crippen molar-refractivity contribution in [2.24, 2.45) is 0 Å². The normalized spacial score (nSPS) is 13.1. The molecule has 0 amide bonds. The van der Waals surface area contributed by atoms with Crippen LogP contribution < -0.4 is 15.0 Å². The van der Waals surface area contributed by atoms with Gasteiger partial charge in [0.1, 0.15) is 13.2 Å². The number of nitrogens with zero attached hydrogens (tertiary/aromatic N) is 5. The Morgan fingerprint density at radius 3 is 2.71 bits per heavy atom. The molecule has 0 saturated heterocycles. The van der Waals surface area contributed by atoms with Crippen molar-refractivity contribution in [1.29, 1.82) is 0 Å². The fraction of sp³-hybridized carbons (Fsp3) is 0.130. The van der Waals surface area contributed by atoms with Gasteiger partial charge in [-0.15, -0.1) is 5.10 Å². The number of rotatable bonds is 2. The molecule has 5 aromatic rings. The molecule has 0 unspecified atom stereocenters. The number of hydrogen-bond acceptors (Lipinski definition) is 6. The van der Waals surface area contributed by atoms with Crippen LogP contribution in [0.1, 0.15) is 5.56 Å². The van der Waals surface area contributed by atoms with Gasteiger partial charge in [0, 0.05) is 18.0 Å². The van der Waals surface area contributed by atoms with E-state index in [-0.39, 0.29) is 5.56 Å². The number of pyridine rings is 1. The molecule has 3 aromatic heterocycles. The van der Waals surface area contributed by atoms with Crippen molar-refractivity contribution in [3.8, 4) is 28.6 Å². The molecular formula is C23H17N5O3. The van der Waals surface area contributed by atoms with E-state index < -0.39 is 0 Å². The van der Waals surface area contributed by atoms with E-state index >= 15 is 0 Å².